The topological polar surface area (TPSA) is 183 Å². The fourth-order valence-corrected chi connectivity index (χ4v) is 6.70. The number of ketones is 1. The molecule has 0 radical (unpaired) electrons. The van der Waals surface area contributed by atoms with Gasteiger partial charge in [-0.25, -0.2) is 4.79 Å². The first-order valence-electron chi connectivity index (χ1n) is 17.7. The molecular weight excluding hydrogens is 713 g/mol. The van der Waals surface area contributed by atoms with Crippen LogP contribution >= 0.6 is 0 Å². The van der Waals surface area contributed by atoms with Gasteiger partial charge >= 0.3 is 12.3 Å². The molecule has 17 heteroatoms. The zero-order valence-electron chi connectivity index (χ0n) is 32.5. The lowest BCUT2D eigenvalue weighted by Crippen LogP contribution is -2.61. The first-order chi connectivity index (χ1) is 24.7. The van der Waals surface area contributed by atoms with Crippen molar-refractivity contribution in [3.05, 3.63) is 35.9 Å². The van der Waals surface area contributed by atoms with Gasteiger partial charge in [0.2, 0.25) is 29.4 Å². The Labute approximate surface area is 313 Å². The molecule has 6 amide bonds. The van der Waals surface area contributed by atoms with E-state index in [1.54, 1.807) is 71.9 Å². The number of fused-ring (bicyclic) bond motifs is 1. The number of amides is 6. The summed E-state index contributed by atoms with van der Waals surface area (Å²) in [5, 5.41) is 9.46. The number of nitrogens with one attached hydrogen (secondary N) is 4. The van der Waals surface area contributed by atoms with Crippen LogP contribution in [0.4, 0.5) is 18.0 Å². The lowest BCUT2D eigenvalue weighted by molar-refractivity contribution is -0.148. The minimum absolute atomic E-state index is 0.105. The number of carbonyl (C=O) groups excluding carboxylic acids is 7. The van der Waals surface area contributed by atoms with E-state index in [-0.39, 0.29) is 12.5 Å². The fourth-order valence-electron chi connectivity index (χ4n) is 6.70. The van der Waals surface area contributed by atoms with Crippen molar-refractivity contribution in [3.63, 3.8) is 0 Å². The van der Waals surface area contributed by atoms with Gasteiger partial charge in [0, 0.05) is 27.1 Å². The van der Waals surface area contributed by atoms with Crippen LogP contribution in [-0.2, 0) is 33.5 Å². The zero-order valence-corrected chi connectivity index (χ0v) is 32.5. The third-order valence-electron chi connectivity index (χ3n) is 9.64. The van der Waals surface area contributed by atoms with Crippen molar-refractivity contribution < 1.29 is 51.5 Å². The number of piperidine rings is 1. The Hall–Kier alpha value is -4.70. The first kappa shape index (κ1) is 43.7. The van der Waals surface area contributed by atoms with E-state index in [2.05, 4.69) is 21.3 Å². The van der Waals surface area contributed by atoms with Gasteiger partial charge < -0.3 is 35.8 Å². The summed E-state index contributed by atoms with van der Waals surface area (Å²) in [6, 6.07) is 2.72. The van der Waals surface area contributed by atoms with E-state index in [9.17, 15) is 46.7 Å². The Morgan fingerprint density at radius 1 is 0.926 bits per heavy atom. The van der Waals surface area contributed by atoms with E-state index in [0.717, 1.165) is 0 Å². The molecule has 1 aliphatic carbocycles. The lowest BCUT2D eigenvalue weighted by atomic mass is 9.85. The van der Waals surface area contributed by atoms with Crippen molar-refractivity contribution in [3.8, 4) is 0 Å². The Kier molecular flexibility index (Phi) is 13.2. The van der Waals surface area contributed by atoms with Crippen LogP contribution in [-0.4, -0.2) is 108 Å². The third kappa shape index (κ3) is 11.2. The molecule has 2 fully saturated rings. The predicted molar refractivity (Wildman–Crippen MR) is 190 cm³/mol. The average molecular weight is 767 g/mol. The Bertz CT molecular complexity index is 1600. The van der Waals surface area contributed by atoms with Gasteiger partial charge in [0.05, 0.1) is 12.6 Å². The summed E-state index contributed by atoms with van der Waals surface area (Å²) in [4.78, 5) is 95.3. The second-order valence-corrected chi connectivity index (χ2v) is 16.7. The molecule has 2 aliphatic rings. The quantitative estimate of drug-likeness (QED) is 0.221. The summed E-state index contributed by atoms with van der Waals surface area (Å²) in [5.41, 5.74) is -1.73. The van der Waals surface area contributed by atoms with E-state index in [1.165, 1.54) is 23.9 Å². The van der Waals surface area contributed by atoms with Gasteiger partial charge in [-0.1, -0.05) is 65.0 Å². The van der Waals surface area contributed by atoms with Crippen molar-refractivity contribution in [2.24, 2.45) is 22.7 Å². The molecule has 1 saturated heterocycles. The van der Waals surface area contributed by atoms with Gasteiger partial charge in [-0.05, 0) is 55.4 Å². The molecule has 4 N–H and O–H groups in total. The second kappa shape index (κ2) is 16.3. The van der Waals surface area contributed by atoms with Gasteiger partial charge in [0.1, 0.15) is 23.7 Å². The maximum absolute atomic E-state index is 14.1. The molecule has 1 aliphatic heterocycles. The van der Waals surface area contributed by atoms with E-state index in [1.807, 2.05) is 13.8 Å². The molecule has 3 rings (SSSR count). The Morgan fingerprint density at radius 2 is 1.52 bits per heavy atom. The SMILES string of the molecule is CN(C)C(=O)[C@@H](NC(=O)CNC(=O)C(=O)[C@H](CCC(F)(F)F)NC(=O)[C@@H]1[C@@H]2[C@H](CN1C(=O)[C@@H](NC(=O)OC(C)(C)C)C(C)(C)C)C2(C)C)c1ccccc1. The van der Waals surface area contributed by atoms with Crippen molar-refractivity contribution in [2.75, 3.05) is 27.2 Å². The number of halogens is 3. The lowest BCUT2D eigenvalue weighted by Gasteiger charge is -2.38. The minimum atomic E-state index is -4.75. The molecule has 14 nitrogen and oxygen atoms in total. The van der Waals surface area contributed by atoms with E-state index in [0.29, 0.717) is 5.56 Å². The number of hydrogen-bond donors (Lipinski definition) is 4. The van der Waals surface area contributed by atoms with Crippen LogP contribution in [0.1, 0.15) is 79.8 Å². The van der Waals surface area contributed by atoms with E-state index < -0.39 is 113 Å². The molecule has 1 heterocycles. The summed E-state index contributed by atoms with van der Waals surface area (Å²) in [6.07, 6.45) is -8.14. The fraction of sp³-hybridized carbons (Fsp3) is 0.649. The molecule has 0 aromatic heterocycles. The van der Waals surface area contributed by atoms with Gasteiger partial charge in [-0.3, -0.25) is 28.8 Å². The molecule has 0 spiro atoms. The van der Waals surface area contributed by atoms with Crippen LogP contribution in [0.5, 0.6) is 0 Å². The van der Waals surface area contributed by atoms with Crippen LogP contribution in [0.15, 0.2) is 30.3 Å². The molecule has 1 aromatic rings. The summed E-state index contributed by atoms with van der Waals surface area (Å²) < 4.78 is 45.5. The highest BCUT2D eigenvalue weighted by Gasteiger charge is 2.70. The number of alkyl carbamates (subject to hydrolysis) is 1. The molecule has 0 unspecified atom stereocenters. The van der Waals surface area contributed by atoms with Crippen molar-refractivity contribution >= 4 is 41.4 Å². The van der Waals surface area contributed by atoms with Crippen molar-refractivity contribution in [1.82, 2.24) is 31.1 Å². The average Bonchev–Trinajstić information content (AvgIpc) is 3.35. The van der Waals surface area contributed by atoms with E-state index >= 15 is 0 Å². The number of benzene rings is 1. The van der Waals surface area contributed by atoms with Gasteiger partial charge in [-0.15, -0.1) is 0 Å². The maximum Gasteiger partial charge on any atom is 0.408 e. The first-order valence-corrected chi connectivity index (χ1v) is 17.7. The molecule has 54 heavy (non-hydrogen) atoms. The molecule has 1 saturated carbocycles. The molecule has 6 atom stereocenters. The summed E-state index contributed by atoms with van der Waals surface area (Å²) >= 11 is 0. The Morgan fingerprint density at radius 3 is 2.04 bits per heavy atom. The number of hydrogen-bond acceptors (Lipinski definition) is 8. The number of likely N-dealkylation sites (tertiary alicyclic amines) is 1. The standard InChI is InChI=1S/C37H53F3N6O8/c1-34(2,3)28(44-33(53)54-35(4,5)6)32(52)46-19-21-24(36(21,7)8)26(46)29(49)42-22(16-17-37(38,39)40)27(48)30(50)41-18-23(47)43-25(31(51)45(9)10)20-14-12-11-13-15-20/h11-15,21-22,24-26,28H,16-19H2,1-10H3,(H,41,50)(H,42,49)(H,43,47)(H,44,53)/t21-,22-,24-,25-,26-,28+/m0/s1. The number of rotatable bonds is 13. The highest BCUT2D eigenvalue weighted by atomic mass is 19.4. The molecule has 300 valence electrons. The monoisotopic (exact) mass is 766 g/mol. The molecular formula is C37H53F3N6O8. The van der Waals surface area contributed by atoms with Crippen LogP contribution in [0.2, 0.25) is 0 Å². The summed E-state index contributed by atoms with van der Waals surface area (Å²) in [7, 11) is 2.96. The number of ether oxygens (including phenoxy) is 1. The van der Waals surface area contributed by atoms with Gasteiger partial charge in [0.15, 0.2) is 0 Å². The largest absolute Gasteiger partial charge is 0.444 e. The van der Waals surface area contributed by atoms with Crippen LogP contribution in [0.25, 0.3) is 0 Å². The normalized spacial score (nSPS) is 20.7. The number of Topliss-reactive ketones (excluding diaryl/α,β-unsaturated/α-hetero) is 1. The van der Waals surface area contributed by atoms with Crippen molar-refractivity contribution in [1.29, 1.82) is 0 Å². The van der Waals surface area contributed by atoms with Gasteiger partial charge in [-0.2, -0.15) is 13.2 Å². The highest BCUT2D eigenvalue weighted by molar-refractivity contribution is 6.38. The molecule has 1 aromatic carbocycles. The van der Waals surface area contributed by atoms with Crippen LogP contribution in [0, 0.1) is 22.7 Å². The number of carbonyl (C=O) groups is 7. The van der Waals surface area contributed by atoms with E-state index in [4.69, 9.17) is 4.74 Å². The third-order valence-corrected chi connectivity index (χ3v) is 9.64. The van der Waals surface area contributed by atoms with Crippen molar-refractivity contribution in [2.45, 2.75) is 104 Å². The summed E-state index contributed by atoms with van der Waals surface area (Å²) in [6.45, 7) is 13.1. The zero-order chi connectivity index (χ0) is 41.1. The highest BCUT2D eigenvalue weighted by Crippen LogP contribution is 2.65. The number of alkyl halides is 3. The van der Waals surface area contributed by atoms with Crippen LogP contribution < -0.4 is 21.3 Å². The Balaban J connectivity index is 1.81. The maximum atomic E-state index is 14.1. The summed E-state index contributed by atoms with van der Waals surface area (Å²) in [5.74, 6) is -6.39. The van der Waals surface area contributed by atoms with Crippen LogP contribution in [0.3, 0.4) is 0 Å². The minimum Gasteiger partial charge on any atom is -0.444 e. The van der Waals surface area contributed by atoms with Gasteiger partial charge in [0.25, 0.3) is 5.91 Å². The second-order valence-electron chi connectivity index (χ2n) is 16.7. The molecule has 0 bridgehead atoms. The number of likely N-dealkylation sites (N-methyl/N-ethyl adjacent to an activating group) is 1. The smallest absolute Gasteiger partial charge is 0.408 e. The predicted octanol–water partition coefficient (Wildman–Crippen LogP) is 2.87. The number of nitrogens with zero attached hydrogens (tertiary/aromatic N) is 2.